The van der Waals surface area contributed by atoms with Crippen LogP contribution in [0.1, 0.15) is 46.5 Å². The Kier molecular flexibility index (Phi) is 5.05. The minimum absolute atomic E-state index is 0.372. The number of hydrogen-bond donors (Lipinski definition) is 1. The Morgan fingerprint density at radius 2 is 2.00 bits per heavy atom. The van der Waals surface area contributed by atoms with E-state index in [-0.39, 0.29) is 0 Å². The first kappa shape index (κ1) is 14.3. The van der Waals surface area contributed by atoms with Crippen LogP contribution in [-0.2, 0) is 9.47 Å². The van der Waals surface area contributed by atoms with Gasteiger partial charge in [0, 0.05) is 18.6 Å². The smallest absolute Gasteiger partial charge is 0.0597 e. The van der Waals surface area contributed by atoms with Gasteiger partial charge in [0.2, 0.25) is 0 Å². The van der Waals surface area contributed by atoms with Gasteiger partial charge < -0.3 is 14.8 Å². The minimum Gasteiger partial charge on any atom is -0.378 e. The molecule has 6 atom stereocenters. The predicted molar refractivity (Wildman–Crippen MR) is 73.7 cm³/mol. The lowest BCUT2D eigenvalue weighted by molar-refractivity contribution is 0.0459. The van der Waals surface area contributed by atoms with E-state index >= 15 is 0 Å². The Bertz CT molecular complexity index is 253. The van der Waals surface area contributed by atoms with E-state index in [1.807, 2.05) is 0 Å². The summed E-state index contributed by atoms with van der Waals surface area (Å²) >= 11 is 0. The Hall–Kier alpha value is -0.120. The van der Waals surface area contributed by atoms with Crippen molar-refractivity contribution in [2.75, 3.05) is 13.7 Å². The fraction of sp³-hybridized carbons (Fsp3) is 1.00. The highest BCUT2D eigenvalue weighted by Crippen LogP contribution is 2.36. The molecule has 2 aliphatic rings. The SMILES string of the molecule is CNC(CCC1CCCO1)C1C(C)OC(C)C1C. The average molecular weight is 255 g/mol. The van der Waals surface area contributed by atoms with Gasteiger partial charge in [-0.2, -0.15) is 0 Å². The summed E-state index contributed by atoms with van der Waals surface area (Å²) < 4.78 is 11.7. The summed E-state index contributed by atoms with van der Waals surface area (Å²) in [4.78, 5) is 0. The summed E-state index contributed by atoms with van der Waals surface area (Å²) in [6.45, 7) is 7.72. The zero-order chi connectivity index (χ0) is 13.1. The summed E-state index contributed by atoms with van der Waals surface area (Å²) in [6, 6.07) is 0.559. The van der Waals surface area contributed by atoms with Gasteiger partial charge in [0.25, 0.3) is 0 Å². The molecular formula is C15H29NO2. The molecule has 0 aromatic rings. The largest absolute Gasteiger partial charge is 0.378 e. The van der Waals surface area contributed by atoms with E-state index < -0.39 is 0 Å². The van der Waals surface area contributed by atoms with Crippen LogP contribution in [0.4, 0.5) is 0 Å². The Morgan fingerprint density at radius 3 is 2.50 bits per heavy atom. The molecule has 106 valence electrons. The molecule has 3 heteroatoms. The molecule has 0 aromatic carbocycles. The van der Waals surface area contributed by atoms with Gasteiger partial charge >= 0.3 is 0 Å². The zero-order valence-electron chi connectivity index (χ0n) is 12.3. The molecule has 0 aromatic heterocycles. The van der Waals surface area contributed by atoms with Crippen molar-refractivity contribution in [3.63, 3.8) is 0 Å². The van der Waals surface area contributed by atoms with Crippen LogP contribution in [0.25, 0.3) is 0 Å². The lowest BCUT2D eigenvalue weighted by Crippen LogP contribution is -2.40. The van der Waals surface area contributed by atoms with E-state index in [9.17, 15) is 0 Å². The Morgan fingerprint density at radius 1 is 1.22 bits per heavy atom. The molecule has 2 fully saturated rings. The van der Waals surface area contributed by atoms with Crippen LogP contribution in [-0.4, -0.2) is 38.0 Å². The second-order valence-corrected chi connectivity index (χ2v) is 6.09. The highest BCUT2D eigenvalue weighted by molar-refractivity contribution is 4.91. The van der Waals surface area contributed by atoms with Crippen LogP contribution >= 0.6 is 0 Å². The Balaban J connectivity index is 1.87. The van der Waals surface area contributed by atoms with Gasteiger partial charge in [0.1, 0.15) is 0 Å². The van der Waals surface area contributed by atoms with Crippen LogP contribution < -0.4 is 5.32 Å². The third kappa shape index (κ3) is 3.06. The molecule has 6 unspecified atom stereocenters. The molecule has 2 heterocycles. The van der Waals surface area contributed by atoms with E-state index in [0.717, 1.165) is 6.61 Å². The second-order valence-electron chi connectivity index (χ2n) is 6.09. The molecule has 18 heavy (non-hydrogen) atoms. The topological polar surface area (TPSA) is 30.5 Å². The van der Waals surface area contributed by atoms with E-state index in [1.54, 1.807) is 0 Å². The van der Waals surface area contributed by atoms with Crippen molar-refractivity contribution in [3.8, 4) is 0 Å². The van der Waals surface area contributed by atoms with Gasteiger partial charge in [-0.1, -0.05) is 6.92 Å². The zero-order valence-corrected chi connectivity index (χ0v) is 12.3. The third-order valence-electron chi connectivity index (χ3n) is 4.98. The highest BCUT2D eigenvalue weighted by atomic mass is 16.5. The quantitative estimate of drug-likeness (QED) is 0.819. The van der Waals surface area contributed by atoms with E-state index in [1.165, 1.54) is 25.7 Å². The maximum atomic E-state index is 5.97. The summed E-state index contributed by atoms with van der Waals surface area (Å²) in [5.41, 5.74) is 0. The molecule has 0 spiro atoms. The van der Waals surface area contributed by atoms with Crippen molar-refractivity contribution in [2.45, 2.75) is 70.8 Å². The van der Waals surface area contributed by atoms with Gasteiger partial charge in [-0.3, -0.25) is 0 Å². The van der Waals surface area contributed by atoms with Gasteiger partial charge in [-0.15, -0.1) is 0 Å². The first-order valence-electron chi connectivity index (χ1n) is 7.57. The standard InChI is InChI=1S/C15H29NO2/c1-10-11(2)18-12(3)15(10)14(16-4)8-7-13-6-5-9-17-13/h10-16H,5-9H2,1-4H3. The van der Waals surface area contributed by atoms with E-state index in [2.05, 4.69) is 33.1 Å². The summed E-state index contributed by atoms with van der Waals surface area (Å²) in [5, 5.41) is 3.51. The van der Waals surface area contributed by atoms with E-state index in [4.69, 9.17) is 9.47 Å². The van der Waals surface area contributed by atoms with Crippen molar-refractivity contribution in [1.29, 1.82) is 0 Å². The van der Waals surface area contributed by atoms with Crippen LogP contribution in [0.5, 0.6) is 0 Å². The third-order valence-corrected chi connectivity index (χ3v) is 4.98. The summed E-state index contributed by atoms with van der Waals surface area (Å²) in [6.07, 6.45) is 6.16. The predicted octanol–water partition coefficient (Wildman–Crippen LogP) is 2.59. The van der Waals surface area contributed by atoms with Crippen LogP contribution in [0.3, 0.4) is 0 Å². The normalized spacial score (nSPS) is 42.3. The number of nitrogens with one attached hydrogen (secondary N) is 1. The van der Waals surface area contributed by atoms with Gasteiger partial charge in [-0.25, -0.2) is 0 Å². The molecule has 0 amide bonds. The molecule has 1 N–H and O–H groups in total. The number of hydrogen-bond acceptors (Lipinski definition) is 3. The maximum Gasteiger partial charge on any atom is 0.0597 e. The molecule has 2 aliphatic heterocycles. The van der Waals surface area contributed by atoms with Gasteiger partial charge in [-0.05, 0) is 52.5 Å². The molecule has 0 radical (unpaired) electrons. The van der Waals surface area contributed by atoms with Crippen molar-refractivity contribution in [1.82, 2.24) is 5.32 Å². The second kappa shape index (κ2) is 6.36. The Labute approximate surface area is 112 Å². The maximum absolute atomic E-state index is 5.97. The summed E-state index contributed by atoms with van der Waals surface area (Å²) in [7, 11) is 2.09. The molecule has 2 saturated heterocycles. The fourth-order valence-corrected chi connectivity index (χ4v) is 3.75. The molecule has 0 saturated carbocycles. The highest BCUT2D eigenvalue weighted by Gasteiger charge is 2.41. The van der Waals surface area contributed by atoms with Crippen molar-refractivity contribution < 1.29 is 9.47 Å². The number of ether oxygens (including phenoxy) is 2. The van der Waals surface area contributed by atoms with Crippen LogP contribution in [0.15, 0.2) is 0 Å². The minimum atomic E-state index is 0.372. The lowest BCUT2D eigenvalue weighted by atomic mass is 9.81. The molecule has 2 rings (SSSR count). The van der Waals surface area contributed by atoms with Gasteiger partial charge in [0.05, 0.1) is 18.3 Å². The van der Waals surface area contributed by atoms with Crippen molar-refractivity contribution in [2.24, 2.45) is 11.8 Å². The average Bonchev–Trinajstić information content (AvgIpc) is 2.93. The van der Waals surface area contributed by atoms with Crippen LogP contribution in [0, 0.1) is 11.8 Å². The lowest BCUT2D eigenvalue weighted by Gasteiger charge is -2.29. The number of rotatable bonds is 5. The van der Waals surface area contributed by atoms with Gasteiger partial charge in [0.15, 0.2) is 0 Å². The molecular weight excluding hydrogens is 226 g/mol. The molecule has 0 aliphatic carbocycles. The monoisotopic (exact) mass is 255 g/mol. The fourth-order valence-electron chi connectivity index (χ4n) is 3.75. The van der Waals surface area contributed by atoms with E-state index in [0.29, 0.717) is 36.2 Å². The summed E-state index contributed by atoms with van der Waals surface area (Å²) in [5.74, 6) is 1.27. The van der Waals surface area contributed by atoms with Crippen LogP contribution in [0.2, 0.25) is 0 Å². The molecule has 3 nitrogen and oxygen atoms in total. The first-order valence-corrected chi connectivity index (χ1v) is 7.57. The molecule has 0 bridgehead atoms. The van der Waals surface area contributed by atoms with Crippen molar-refractivity contribution >= 4 is 0 Å². The first-order chi connectivity index (χ1) is 8.63. The van der Waals surface area contributed by atoms with Crippen molar-refractivity contribution in [3.05, 3.63) is 0 Å².